The number of likely N-dealkylation sites (tertiary alicyclic amines) is 1. The van der Waals surface area contributed by atoms with Gasteiger partial charge in [0.2, 0.25) is 5.91 Å². The average molecular weight is 470 g/mol. The summed E-state index contributed by atoms with van der Waals surface area (Å²) in [5.41, 5.74) is 2.45. The lowest BCUT2D eigenvalue weighted by Crippen LogP contribution is -2.42. The standard InChI is InChI=1S/C26H35N3O3S/c1-4-32-20-11-9-19(10-12-20)27-25(31)24-21-13-8-17(2)15-22(21)33-26(24)28-23(30)16-29-14-6-5-7-18(29)3/h9-12,17-18H,4-8,13-16H2,1-3H3,(H,27,31)(H,28,30). The first-order valence-electron chi connectivity index (χ1n) is 12.2. The summed E-state index contributed by atoms with van der Waals surface area (Å²) in [6.45, 7) is 8.31. The fraction of sp³-hybridized carbons (Fsp3) is 0.538. The van der Waals surface area contributed by atoms with Gasteiger partial charge in [-0.1, -0.05) is 13.3 Å². The third kappa shape index (κ3) is 5.76. The first-order valence-corrected chi connectivity index (χ1v) is 13.0. The SMILES string of the molecule is CCOc1ccc(NC(=O)c2c(NC(=O)CN3CCCCC3C)sc3c2CCC(C)C3)cc1. The van der Waals surface area contributed by atoms with Crippen LogP contribution in [0, 0.1) is 5.92 Å². The molecule has 1 fully saturated rings. The maximum Gasteiger partial charge on any atom is 0.258 e. The average Bonchev–Trinajstić information content (AvgIpc) is 3.13. The smallest absolute Gasteiger partial charge is 0.258 e. The summed E-state index contributed by atoms with van der Waals surface area (Å²) < 4.78 is 5.49. The summed E-state index contributed by atoms with van der Waals surface area (Å²) in [5.74, 6) is 1.17. The second kappa shape index (κ2) is 10.7. The fourth-order valence-corrected chi connectivity index (χ4v) is 6.24. The molecule has 1 aromatic heterocycles. The van der Waals surface area contributed by atoms with E-state index in [4.69, 9.17) is 4.74 Å². The zero-order valence-electron chi connectivity index (χ0n) is 19.9. The zero-order chi connectivity index (χ0) is 23.4. The van der Waals surface area contributed by atoms with Crippen LogP contribution < -0.4 is 15.4 Å². The molecule has 0 spiro atoms. The van der Waals surface area contributed by atoms with E-state index in [0.29, 0.717) is 41.4 Å². The second-order valence-electron chi connectivity index (χ2n) is 9.33. The molecule has 1 saturated heterocycles. The predicted octanol–water partition coefficient (Wildman–Crippen LogP) is 5.34. The van der Waals surface area contributed by atoms with E-state index in [2.05, 4.69) is 29.4 Å². The number of hydrogen-bond acceptors (Lipinski definition) is 5. The highest BCUT2D eigenvalue weighted by Gasteiger charge is 2.29. The number of nitrogens with one attached hydrogen (secondary N) is 2. The molecule has 1 aromatic carbocycles. The minimum absolute atomic E-state index is 0.0366. The lowest BCUT2D eigenvalue weighted by Gasteiger charge is -2.32. The van der Waals surface area contributed by atoms with Crippen LogP contribution in [0.25, 0.3) is 0 Å². The highest BCUT2D eigenvalue weighted by atomic mass is 32.1. The lowest BCUT2D eigenvalue weighted by atomic mass is 9.88. The van der Waals surface area contributed by atoms with Crippen molar-refractivity contribution in [2.24, 2.45) is 5.92 Å². The van der Waals surface area contributed by atoms with Crippen LogP contribution in [-0.4, -0.2) is 42.5 Å². The molecule has 2 amide bonds. The number of fused-ring (bicyclic) bond motifs is 1. The molecule has 2 aromatic rings. The Morgan fingerprint density at radius 2 is 1.91 bits per heavy atom. The third-order valence-corrected chi connectivity index (χ3v) is 7.87. The number of thiophene rings is 1. The van der Waals surface area contributed by atoms with E-state index >= 15 is 0 Å². The topological polar surface area (TPSA) is 70.7 Å². The third-order valence-electron chi connectivity index (χ3n) is 6.70. The van der Waals surface area contributed by atoms with Crippen LogP contribution in [0.4, 0.5) is 10.7 Å². The van der Waals surface area contributed by atoms with Gasteiger partial charge in [0.05, 0.1) is 18.7 Å². The van der Waals surface area contributed by atoms with Gasteiger partial charge in [0.15, 0.2) is 0 Å². The van der Waals surface area contributed by atoms with Crippen molar-refractivity contribution in [1.82, 2.24) is 4.90 Å². The fourth-order valence-electron chi connectivity index (χ4n) is 4.82. The van der Waals surface area contributed by atoms with Gasteiger partial charge in [-0.05, 0) is 88.2 Å². The van der Waals surface area contributed by atoms with Crippen molar-refractivity contribution < 1.29 is 14.3 Å². The van der Waals surface area contributed by atoms with Gasteiger partial charge >= 0.3 is 0 Å². The number of rotatable bonds is 7. The number of benzene rings is 1. The van der Waals surface area contributed by atoms with Crippen molar-refractivity contribution in [2.75, 3.05) is 30.3 Å². The van der Waals surface area contributed by atoms with Gasteiger partial charge in [-0.25, -0.2) is 0 Å². The maximum absolute atomic E-state index is 13.4. The molecule has 7 heteroatoms. The summed E-state index contributed by atoms with van der Waals surface area (Å²) in [7, 11) is 0. The summed E-state index contributed by atoms with van der Waals surface area (Å²) in [5, 5.41) is 6.81. The minimum atomic E-state index is -0.159. The van der Waals surface area contributed by atoms with Crippen LogP contribution in [0.5, 0.6) is 5.75 Å². The Labute approximate surface area is 200 Å². The van der Waals surface area contributed by atoms with Crippen LogP contribution in [0.1, 0.15) is 67.3 Å². The Morgan fingerprint density at radius 3 is 2.64 bits per heavy atom. The van der Waals surface area contributed by atoms with E-state index in [1.54, 1.807) is 11.3 Å². The van der Waals surface area contributed by atoms with E-state index in [9.17, 15) is 9.59 Å². The first-order chi connectivity index (χ1) is 15.9. The van der Waals surface area contributed by atoms with Crippen LogP contribution in [-0.2, 0) is 17.6 Å². The molecule has 33 heavy (non-hydrogen) atoms. The number of anilines is 2. The van der Waals surface area contributed by atoms with Crippen molar-refractivity contribution in [3.05, 3.63) is 40.3 Å². The number of piperidine rings is 1. The van der Waals surface area contributed by atoms with Crippen LogP contribution in [0.3, 0.4) is 0 Å². The molecule has 4 rings (SSSR count). The molecular weight excluding hydrogens is 434 g/mol. The molecule has 2 N–H and O–H groups in total. The van der Waals surface area contributed by atoms with Crippen LogP contribution in [0.2, 0.25) is 0 Å². The molecule has 1 aliphatic carbocycles. The van der Waals surface area contributed by atoms with Gasteiger partial charge < -0.3 is 15.4 Å². The Kier molecular flexibility index (Phi) is 7.71. The molecule has 2 aliphatic rings. The second-order valence-corrected chi connectivity index (χ2v) is 10.4. The minimum Gasteiger partial charge on any atom is -0.494 e. The van der Waals surface area contributed by atoms with Crippen molar-refractivity contribution in [3.8, 4) is 5.75 Å². The summed E-state index contributed by atoms with van der Waals surface area (Å²) in [4.78, 5) is 29.8. The van der Waals surface area contributed by atoms with E-state index in [0.717, 1.165) is 50.0 Å². The zero-order valence-corrected chi connectivity index (χ0v) is 20.7. The van der Waals surface area contributed by atoms with Gasteiger partial charge in [-0.2, -0.15) is 0 Å². The Morgan fingerprint density at radius 1 is 1.12 bits per heavy atom. The normalized spacial score (nSPS) is 20.7. The number of amides is 2. The van der Waals surface area contributed by atoms with Crippen molar-refractivity contribution in [2.45, 2.75) is 65.3 Å². The van der Waals surface area contributed by atoms with Gasteiger partial charge in [-0.3, -0.25) is 14.5 Å². The predicted molar refractivity (Wildman–Crippen MR) is 135 cm³/mol. The molecule has 178 valence electrons. The highest BCUT2D eigenvalue weighted by Crippen LogP contribution is 2.40. The molecule has 0 radical (unpaired) electrons. The van der Waals surface area contributed by atoms with Gasteiger partial charge in [0, 0.05) is 16.6 Å². The Hall–Kier alpha value is -2.38. The number of hydrogen-bond donors (Lipinski definition) is 2. The number of ether oxygens (including phenoxy) is 1. The number of carbonyl (C=O) groups excluding carboxylic acids is 2. The quantitative estimate of drug-likeness (QED) is 0.574. The van der Waals surface area contributed by atoms with E-state index in [-0.39, 0.29) is 11.8 Å². The Bertz CT molecular complexity index is 985. The molecule has 0 saturated carbocycles. The first kappa shape index (κ1) is 23.8. The molecule has 1 aliphatic heterocycles. The summed E-state index contributed by atoms with van der Waals surface area (Å²) in [6, 6.07) is 7.82. The Balaban J connectivity index is 1.53. The number of nitrogens with zero attached hydrogens (tertiary/aromatic N) is 1. The van der Waals surface area contributed by atoms with Crippen LogP contribution >= 0.6 is 11.3 Å². The monoisotopic (exact) mass is 469 g/mol. The van der Waals surface area contributed by atoms with E-state index < -0.39 is 0 Å². The molecular formula is C26H35N3O3S. The molecule has 2 heterocycles. The lowest BCUT2D eigenvalue weighted by molar-refractivity contribution is -0.118. The van der Waals surface area contributed by atoms with E-state index in [1.165, 1.54) is 11.3 Å². The van der Waals surface area contributed by atoms with Crippen molar-refractivity contribution in [1.29, 1.82) is 0 Å². The highest BCUT2D eigenvalue weighted by molar-refractivity contribution is 7.17. The molecule has 2 atom stereocenters. The molecule has 6 nitrogen and oxygen atoms in total. The molecule has 2 unspecified atom stereocenters. The van der Waals surface area contributed by atoms with Gasteiger partial charge in [-0.15, -0.1) is 11.3 Å². The largest absolute Gasteiger partial charge is 0.494 e. The maximum atomic E-state index is 13.4. The summed E-state index contributed by atoms with van der Waals surface area (Å²) >= 11 is 1.57. The van der Waals surface area contributed by atoms with Gasteiger partial charge in [0.25, 0.3) is 5.91 Å². The molecule has 0 bridgehead atoms. The van der Waals surface area contributed by atoms with Gasteiger partial charge in [0.1, 0.15) is 10.8 Å². The van der Waals surface area contributed by atoms with Crippen LogP contribution in [0.15, 0.2) is 24.3 Å². The van der Waals surface area contributed by atoms with Crippen molar-refractivity contribution >= 4 is 33.8 Å². The number of carbonyl (C=O) groups is 2. The van der Waals surface area contributed by atoms with E-state index in [1.807, 2.05) is 31.2 Å². The van der Waals surface area contributed by atoms with Crippen molar-refractivity contribution in [3.63, 3.8) is 0 Å². The summed E-state index contributed by atoms with van der Waals surface area (Å²) in [6.07, 6.45) is 6.39.